The second-order valence-electron chi connectivity index (χ2n) is 8.25. The van der Waals surface area contributed by atoms with Gasteiger partial charge in [0.25, 0.3) is 0 Å². The number of ether oxygens (including phenoxy) is 1. The Hall–Kier alpha value is -1.06. The summed E-state index contributed by atoms with van der Waals surface area (Å²) in [5, 5.41) is 8.93. The van der Waals surface area contributed by atoms with E-state index < -0.39 is 5.97 Å². The molecule has 1 N–H and O–H groups in total. The quantitative estimate of drug-likeness (QED) is 0.163. The summed E-state index contributed by atoms with van der Waals surface area (Å²) in [5.41, 5.74) is 0. The number of aliphatic carboxylic acids is 1. The Bertz CT molecular complexity index is 368. The third-order valence-corrected chi connectivity index (χ3v) is 5.45. The van der Waals surface area contributed by atoms with Crippen molar-refractivity contribution < 1.29 is 19.4 Å². The van der Waals surface area contributed by atoms with Gasteiger partial charge in [-0.1, -0.05) is 97.3 Å². The predicted molar refractivity (Wildman–Crippen MR) is 117 cm³/mol. The highest BCUT2D eigenvalue weighted by atomic mass is 16.5. The second kappa shape index (κ2) is 20.7. The van der Waals surface area contributed by atoms with Gasteiger partial charge in [-0.05, 0) is 25.2 Å². The van der Waals surface area contributed by atoms with Crippen molar-refractivity contribution in [2.45, 2.75) is 129 Å². The lowest BCUT2D eigenvalue weighted by atomic mass is 9.93. The summed E-state index contributed by atoms with van der Waals surface area (Å²) in [5.74, 6) is -0.782. The van der Waals surface area contributed by atoms with Crippen LogP contribution in [0.3, 0.4) is 0 Å². The maximum Gasteiger partial charge on any atom is 0.306 e. The van der Waals surface area contributed by atoms with Gasteiger partial charge in [0.05, 0.1) is 6.61 Å². The first-order valence-corrected chi connectivity index (χ1v) is 12.0. The SMILES string of the molecule is CCCCCCCCCCCOC(=O)CC(CCCCCCC)CCC(=O)O. The average Bonchev–Trinajstić information content (AvgIpc) is 2.67. The fraction of sp³-hybridized carbons (Fsp3) is 0.917. The number of carboxylic acids is 1. The molecule has 0 fully saturated rings. The first-order chi connectivity index (χ1) is 13.6. The molecule has 0 aromatic carbocycles. The highest BCUT2D eigenvalue weighted by Gasteiger charge is 2.16. The maximum absolute atomic E-state index is 12.1. The van der Waals surface area contributed by atoms with Gasteiger partial charge in [0.15, 0.2) is 0 Å². The van der Waals surface area contributed by atoms with Crippen LogP contribution in [0.4, 0.5) is 0 Å². The van der Waals surface area contributed by atoms with Crippen LogP contribution >= 0.6 is 0 Å². The molecule has 0 aromatic heterocycles. The van der Waals surface area contributed by atoms with Crippen LogP contribution in [-0.2, 0) is 14.3 Å². The van der Waals surface area contributed by atoms with E-state index in [-0.39, 0.29) is 18.3 Å². The van der Waals surface area contributed by atoms with Gasteiger partial charge in [0.2, 0.25) is 0 Å². The first kappa shape index (κ1) is 26.9. The van der Waals surface area contributed by atoms with Gasteiger partial charge in [-0.3, -0.25) is 9.59 Å². The molecule has 0 bridgehead atoms. The number of carboxylic acid groups (broad SMARTS) is 1. The minimum absolute atomic E-state index is 0.144. The summed E-state index contributed by atoms with van der Waals surface area (Å²) >= 11 is 0. The summed E-state index contributed by atoms with van der Waals surface area (Å²) in [6, 6.07) is 0. The lowest BCUT2D eigenvalue weighted by Gasteiger charge is -2.15. The van der Waals surface area contributed by atoms with Crippen LogP contribution in [0.5, 0.6) is 0 Å². The topological polar surface area (TPSA) is 63.6 Å². The molecule has 0 aliphatic carbocycles. The van der Waals surface area contributed by atoms with Gasteiger partial charge < -0.3 is 9.84 Å². The Labute approximate surface area is 173 Å². The third kappa shape index (κ3) is 19.7. The molecule has 0 aromatic rings. The van der Waals surface area contributed by atoms with E-state index in [0.29, 0.717) is 19.4 Å². The van der Waals surface area contributed by atoms with E-state index in [9.17, 15) is 9.59 Å². The zero-order chi connectivity index (χ0) is 20.9. The van der Waals surface area contributed by atoms with Crippen LogP contribution in [0.1, 0.15) is 129 Å². The molecule has 4 heteroatoms. The Morgan fingerprint density at radius 3 is 1.75 bits per heavy atom. The van der Waals surface area contributed by atoms with Crippen molar-refractivity contribution in [1.29, 1.82) is 0 Å². The molecule has 166 valence electrons. The minimum Gasteiger partial charge on any atom is -0.481 e. The summed E-state index contributed by atoms with van der Waals surface area (Å²) in [6.45, 7) is 4.94. The highest BCUT2D eigenvalue weighted by molar-refractivity contribution is 5.70. The number of rotatable bonds is 21. The molecule has 0 amide bonds. The van der Waals surface area contributed by atoms with E-state index in [1.807, 2.05) is 0 Å². The van der Waals surface area contributed by atoms with Gasteiger partial charge in [-0.25, -0.2) is 0 Å². The Balaban J connectivity index is 3.79. The lowest BCUT2D eigenvalue weighted by Crippen LogP contribution is -2.14. The van der Waals surface area contributed by atoms with Crippen LogP contribution in [-0.4, -0.2) is 23.7 Å². The molecule has 0 spiro atoms. The summed E-state index contributed by atoms with van der Waals surface area (Å²) in [6.07, 6.45) is 19.2. The van der Waals surface area contributed by atoms with Crippen LogP contribution < -0.4 is 0 Å². The predicted octanol–water partition coefficient (Wildman–Crippen LogP) is 7.29. The fourth-order valence-corrected chi connectivity index (χ4v) is 3.61. The van der Waals surface area contributed by atoms with E-state index in [4.69, 9.17) is 9.84 Å². The van der Waals surface area contributed by atoms with E-state index in [2.05, 4.69) is 13.8 Å². The van der Waals surface area contributed by atoms with Gasteiger partial charge in [0, 0.05) is 12.8 Å². The molecule has 0 radical (unpaired) electrons. The van der Waals surface area contributed by atoms with Crippen LogP contribution in [0, 0.1) is 5.92 Å². The molecule has 1 unspecified atom stereocenters. The molecular weight excluding hydrogens is 352 g/mol. The molecule has 0 saturated heterocycles. The molecule has 1 atom stereocenters. The summed E-state index contributed by atoms with van der Waals surface area (Å²) < 4.78 is 5.40. The van der Waals surface area contributed by atoms with E-state index in [0.717, 1.165) is 25.7 Å². The lowest BCUT2D eigenvalue weighted by molar-refractivity contribution is -0.145. The van der Waals surface area contributed by atoms with Crippen LogP contribution in [0.2, 0.25) is 0 Å². The number of hydrogen-bond acceptors (Lipinski definition) is 3. The molecule has 4 nitrogen and oxygen atoms in total. The van der Waals surface area contributed by atoms with Crippen LogP contribution in [0.25, 0.3) is 0 Å². The van der Waals surface area contributed by atoms with Crippen molar-refractivity contribution in [3.63, 3.8) is 0 Å². The number of hydrogen-bond donors (Lipinski definition) is 1. The van der Waals surface area contributed by atoms with Crippen molar-refractivity contribution in [2.24, 2.45) is 5.92 Å². The Morgan fingerprint density at radius 1 is 0.714 bits per heavy atom. The van der Waals surface area contributed by atoms with Crippen molar-refractivity contribution in [1.82, 2.24) is 0 Å². The fourth-order valence-electron chi connectivity index (χ4n) is 3.61. The van der Waals surface area contributed by atoms with Crippen molar-refractivity contribution >= 4 is 11.9 Å². The van der Waals surface area contributed by atoms with Crippen molar-refractivity contribution in [3.05, 3.63) is 0 Å². The third-order valence-electron chi connectivity index (χ3n) is 5.45. The maximum atomic E-state index is 12.1. The molecule has 0 heterocycles. The zero-order valence-corrected chi connectivity index (χ0v) is 18.7. The van der Waals surface area contributed by atoms with Gasteiger partial charge in [-0.15, -0.1) is 0 Å². The largest absolute Gasteiger partial charge is 0.481 e. The number of carbonyl (C=O) groups excluding carboxylic acids is 1. The Kier molecular flexibility index (Phi) is 19.9. The van der Waals surface area contributed by atoms with E-state index in [1.165, 1.54) is 70.6 Å². The number of esters is 1. The van der Waals surface area contributed by atoms with Gasteiger partial charge in [-0.2, -0.15) is 0 Å². The van der Waals surface area contributed by atoms with Crippen molar-refractivity contribution in [3.8, 4) is 0 Å². The first-order valence-electron chi connectivity index (χ1n) is 12.0. The van der Waals surface area contributed by atoms with E-state index >= 15 is 0 Å². The highest BCUT2D eigenvalue weighted by Crippen LogP contribution is 2.21. The summed E-state index contributed by atoms with van der Waals surface area (Å²) in [7, 11) is 0. The van der Waals surface area contributed by atoms with Crippen molar-refractivity contribution in [2.75, 3.05) is 6.61 Å². The molecule has 0 aliphatic rings. The smallest absolute Gasteiger partial charge is 0.306 e. The number of carbonyl (C=O) groups is 2. The molecule has 28 heavy (non-hydrogen) atoms. The normalized spacial score (nSPS) is 12.1. The second-order valence-corrected chi connectivity index (χ2v) is 8.25. The van der Waals surface area contributed by atoms with E-state index in [1.54, 1.807) is 0 Å². The molecule has 0 saturated carbocycles. The molecular formula is C24H46O4. The average molecular weight is 399 g/mol. The van der Waals surface area contributed by atoms with Gasteiger partial charge >= 0.3 is 11.9 Å². The Morgan fingerprint density at radius 2 is 1.21 bits per heavy atom. The van der Waals surface area contributed by atoms with Gasteiger partial charge in [0.1, 0.15) is 0 Å². The summed E-state index contributed by atoms with van der Waals surface area (Å²) in [4.78, 5) is 23.0. The standard InChI is InChI=1S/C24H46O4/c1-3-5-7-9-10-11-12-14-16-20-28-24(27)21-22(18-19-23(25)26)17-15-13-8-6-4-2/h22H,3-21H2,1-2H3,(H,25,26). The molecule has 0 rings (SSSR count). The monoisotopic (exact) mass is 398 g/mol. The zero-order valence-electron chi connectivity index (χ0n) is 18.7. The van der Waals surface area contributed by atoms with Crippen LogP contribution in [0.15, 0.2) is 0 Å². The molecule has 0 aliphatic heterocycles. The number of unbranched alkanes of at least 4 members (excludes halogenated alkanes) is 12. The minimum atomic E-state index is -0.779.